The fourth-order valence-corrected chi connectivity index (χ4v) is 4.28. The van der Waals surface area contributed by atoms with Crippen molar-refractivity contribution in [3.05, 3.63) is 54.4 Å². The van der Waals surface area contributed by atoms with Gasteiger partial charge in [0.1, 0.15) is 6.54 Å². The van der Waals surface area contributed by atoms with Crippen LogP contribution in [0.15, 0.2) is 48.8 Å². The zero-order chi connectivity index (χ0) is 19.7. The van der Waals surface area contributed by atoms with Crippen LogP contribution in [0, 0.1) is 5.92 Å². The molecule has 3 heterocycles. The Labute approximate surface area is 162 Å². The molecule has 2 saturated heterocycles. The van der Waals surface area contributed by atoms with E-state index in [4.69, 9.17) is 4.74 Å². The van der Waals surface area contributed by atoms with Crippen molar-refractivity contribution >= 4 is 17.8 Å². The van der Waals surface area contributed by atoms with Gasteiger partial charge in [-0.3, -0.25) is 19.1 Å². The second-order valence-electron chi connectivity index (χ2n) is 7.15. The van der Waals surface area contributed by atoms with Gasteiger partial charge in [-0.05, 0) is 18.1 Å². The highest BCUT2D eigenvalue weighted by Crippen LogP contribution is 2.43. The Balaban J connectivity index is 1.57. The third-order valence-corrected chi connectivity index (χ3v) is 5.50. The van der Waals surface area contributed by atoms with Crippen LogP contribution in [-0.4, -0.2) is 63.6 Å². The molecule has 2 fully saturated rings. The number of carbonyl (C=O) groups is 3. The SMILES string of the molecule is COC(=O)[C@H]1C[C@H]2CN(C(=O)Cn3cccn3)CC(=O)N2[C@H]1c1ccccc1. The van der Waals surface area contributed by atoms with E-state index in [-0.39, 0.29) is 43.0 Å². The standard InChI is InChI=1S/C20H22N4O4/c1-28-20(27)16-10-15-11-22(17(25)13-23-9-5-8-21-23)12-18(26)24(15)19(16)14-6-3-2-4-7-14/h2-9,15-16,19H,10-13H2,1H3/t15-,16-,19-/m0/s1. The minimum Gasteiger partial charge on any atom is -0.469 e. The van der Waals surface area contributed by atoms with E-state index in [0.29, 0.717) is 13.0 Å². The minimum absolute atomic E-state index is 0.00777. The van der Waals surface area contributed by atoms with Crippen molar-refractivity contribution in [1.82, 2.24) is 19.6 Å². The van der Waals surface area contributed by atoms with Crippen LogP contribution in [0.3, 0.4) is 0 Å². The third-order valence-electron chi connectivity index (χ3n) is 5.50. The number of fused-ring (bicyclic) bond motifs is 1. The smallest absolute Gasteiger partial charge is 0.311 e. The number of aromatic nitrogens is 2. The lowest BCUT2D eigenvalue weighted by Gasteiger charge is -2.40. The van der Waals surface area contributed by atoms with Crippen molar-refractivity contribution < 1.29 is 19.1 Å². The first-order chi connectivity index (χ1) is 13.6. The van der Waals surface area contributed by atoms with Gasteiger partial charge in [0.15, 0.2) is 0 Å². The molecule has 3 atom stereocenters. The first-order valence-electron chi connectivity index (χ1n) is 9.27. The van der Waals surface area contributed by atoms with E-state index in [1.807, 2.05) is 30.3 Å². The molecule has 0 aliphatic carbocycles. The molecular formula is C20H22N4O4. The average molecular weight is 382 g/mol. The van der Waals surface area contributed by atoms with Gasteiger partial charge in [0.25, 0.3) is 0 Å². The summed E-state index contributed by atoms with van der Waals surface area (Å²) in [6.07, 6.45) is 3.80. The maximum Gasteiger partial charge on any atom is 0.311 e. The largest absolute Gasteiger partial charge is 0.469 e. The second-order valence-corrected chi connectivity index (χ2v) is 7.15. The summed E-state index contributed by atoms with van der Waals surface area (Å²) in [5.41, 5.74) is 0.907. The summed E-state index contributed by atoms with van der Waals surface area (Å²) < 4.78 is 6.54. The minimum atomic E-state index is -0.442. The number of piperazine rings is 1. The normalized spacial score (nSPS) is 24.2. The van der Waals surface area contributed by atoms with Crippen LogP contribution in [0.4, 0.5) is 0 Å². The zero-order valence-electron chi connectivity index (χ0n) is 15.6. The quantitative estimate of drug-likeness (QED) is 0.732. The summed E-state index contributed by atoms with van der Waals surface area (Å²) in [5, 5.41) is 4.05. The van der Waals surface area contributed by atoms with Gasteiger partial charge in [0.05, 0.1) is 31.7 Å². The number of esters is 1. The molecule has 28 heavy (non-hydrogen) atoms. The third kappa shape index (κ3) is 3.26. The fourth-order valence-electron chi connectivity index (χ4n) is 4.28. The molecule has 2 aliphatic heterocycles. The number of methoxy groups -OCH3 is 1. The van der Waals surface area contributed by atoms with Gasteiger partial charge in [-0.1, -0.05) is 30.3 Å². The molecule has 8 nitrogen and oxygen atoms in total. The monoisotopic (exact) mass is 382 g/mol. The van der Waals surface area contributed by atoms with Crippen molar-refractivity contribution in [1.29, 1.82) is 0 Å². The van der Waals surface area contributed by atoms with E-state index >= 15 is 0 Å². The van der Waals surface area contributed by atoms with Gasteiger partial charge >= 0.3 is 5.97 Å². The molecule has 8 heteroatoms. The van der Waals surface area contributed by atoms with Gasteiger partial charge in [0, 0.05) is 18.9 Å². The Morgan fingerprint density at radius 1 is 1.21 bits per heavy atom. The highest BCUT2D eigenvalue weighted by Gasteiger charge is 2.51. The molecule has 1 aromatic carbocycles. The van der Waals surface area contributed by atoms with Crippen LogP contribution in [0.5, 0.6) is 0 Å². The molecule has 4 rings (SSSR count). The molecule has 2 amide bonds. The highest BCUT2D eigenvalue weighted by atomic mass is 16.5. The lowest BCUT2D eigenvalue weighted by atomic mass is 9.93. The number of hydrogen-bond donors (Lipinski definition) is 0. The Morgan fingerprint density at radius 2 is 2.00 bits per heavy atom. The molecule has 2 aliphatic rings. The van der Waals surface area contributed by atoms with Crippen molar-refractivity contribution in [2.24, 2.45) is 5.92 Å². The lowest BCUT2D eigenvalue weighted by Crippen LogP contribution is -2.56. The van der Waals surface area contributed by atoms with E-state index < -0.39 is 5.92 Å². The number of rotatable bonds is 4. The maximum atomic E-state index is 13.0. The van der Waals surface area contributed by atoms with Gasteiger partial charge < -0.3 is 14.5 Å². The van der Waals surface area contributed by atoms with Crippen molar-refractivity contribution in [3.63, 3.8) is 0 Å². The molecule has 0 radical (unpaired) electrons. The number of ether oxygens (including phenoxy) is 1. The summed E-state index contributed by atoms with van der Waals surface area (Å²) >= 11 is 0. The topological polar surface area (TPSA) is 84.7 Å². The predicted octanol–water partition coefficient (Wildman–Crippen LogP) is 0.857. The summed E-state index contributed by atoms with van der Waals surface area (Å²) in [6.45, 7) is 0.506. The second kappa shape index (κ2) is 7.46. The zero-order valence-corrected chi connectivity index (χ0v) is 15.6. The summed E-state index contributed by atoms with van der Waals surface area (Å²) in [5.74, 6) is -1.08. The summed E-state index contributed by atoms with van der Waals surface area (Å²) in [4.78, 5) is 41.4. The summed E-state index contributed by atoms with van der Waals surface area (Å²) in [7, 11) is 1.36. The molecule has 0 saturated carbocycles. The van der Waals surface area contributed by atoms with Gasteiger partial charge in [-0.15, -0.1) is 0 Å². The van der Waals surface area contributed by atoms with E-state index in [9.17, 15) is 14.4 Å². The molecule has 2 aromatic rings. The van der Waals surface area contributed by atoms with Crippen molar-refractivity contribution in [2.45, 2.75) is 25.0 Å². The highest BCUT2D eigenvalue weighted by molar-refractivity contribution is 5.88. The molecule has 1 aromatic heterocycles. The fraction of sp³-hybridized carbons (Fsp3) is 0.400. The van der Waals surface area contributed by atoms with Gasteiger partial charge in [0.2, 0.25) is 11.8 Å². The Hall–Kier alpha value is -3.16. The first-order valence-corrected chi connectivity index (χ1v) is 9.27. The summed E-state index contributed by atoms with van der Waals surface area (Å²) in [6, 6.07) is 10.7. The molecule has 146 valence electrons. The van der Waals surface area contributed by atoms with E-state index in [0.717, 1.165) is 5.56 Å². The van der Waals surface area contributed by atoms with Crippen LogP contribution in [0.2, 0.25) is 0 Å². The predicted molar refractivity (Wildman–Crippen MR) is 98.7 cm³/mol. The Bertz CT molecular complexity index is 868. The molecule has 0 bridgehead atoms. The molecular weight excluding hydrogens is 360 g/mol. The number of amides is 2. The molecule has 0 N–H and O–H groups in total. The number of carbonyl (C=O) groups excluding carboxylic acids is 3. The maximum absolute atomic E-state index is 13.0. The number of nitrogens with zero attached hydrogens (tertiary/aromatic N) is 4. The van der Waals surface area contributed by atoms with Gasteiger partial charge in [-0.25, -0.2) is 0 Å². The van der Waals surface area contributed by atoms with Crippen LogP contribution >= 0.6 is 0 Å². The Morgan fingerprint density at radius 3 is 2.68 bits per heavy atom. The van der Waals surface area contributed by atoms with Crippen molar-refractivity contribution in [3.8, 4) is 0 Å². The van der Waals surface area contributed by atoms with E-state index in [1.54, 1.807) is 28.3 Å². The van der Waals surface area contributed by atoms with Crippen LogP contribution in [0.25, 0.3) is 0 Å². The average Bonchev–Trinajstić information content (AvgIpc) is 3.35. The Kier molecular flexibility index (Phi) is 4.85. The van der Waals surface area contributed by atoms with E-state index in [2.05, 4.69) is 5.10 Å². The lowest BCUT2D eigenvalue weighted by molar-refractivity contribution is -0.151. The number of benzene rings is 1. The van der Waals surface area contributed by atoms with Crippen LogP contribution in [0.1, 0.15) is 18.0 Å². The van der Waals surface area contributed by atoms with Crippen molar-refractivity contribution in [2.75, 3.05) is 20.2 Å². The van der Waals surface area contributed by atoms with Crippen LogP contribution in [-0.2, 0) is 25.7 Å². The molecule has 0 spiro atoms. The van der Waals surface area contributed by atoms with Gasteiger partial charge in [-0.2, -0.15) is 5.10 Å². The first kappa shape index (κ1) is 18.2. The molecule has 0 unspecified atom stereocenters. The van der Waals surface area contributed by atoms with E-state index in [1.165, 1.54) is 11.8 Å². The number of hydrogen-bond acceptors (Lipinski definition) is 5. The van der Waals surface area contributed by atoms with Crippen LogP contribution < -0.4 is 0 Å².